The number of hydrogen-bond acceptors (Lipinski definition) is 0. The van der Waals surface area contributed by atoms with Gasteiger partial charge in [-0.15, -0.1) is 0 Å². The van der Waals surface area contributed by atoms with E-state index in [9.17, 15) is 0 Å². The fourth-order valence-electron chi connectivity index (χ4n) is 2.94. The number of rotatable bonds is 2. The maximum absolute atomic E-state index is 2.54. The van der Waals surface area contributed by atoms with Crippen LogP contribution >= 0.6 is 0 Å². The van der Waals surface area contributed by atoms with Crippen LogP contribution in [0.4, 0.5) is 0 Å². The molecular formula is C14H18Zr. The molecule has 0 N–H and O–H groups in total. The van der Waals surface area contributed by atoms with Crippen LogP contribution in [0, 0.1) is 0 Å². The molecule has 0 spiro atoms. The molecule has 78 valence electrons. The SMILES string of the molecule is CC1=C(C)C[C]([Zr]2([C]3=CC=CC3)[CH2][CH2]2)=C1. The molecule has 0 atom stereocenters. The quantitative estimate of drug-likeness (QED) is 0.699. The molecule has 0 amide bonds. The molecule has 0 aromatic rings. The molecule has 3 rings (SSSR count). The molecule has 0 aromatic carbocycles. The first-order chi connectivity index (χ1) is 7.22. The molecule has 0 radical (unpaired) electrons. The van der Waals surface area contributed by atoms with Crippen molar-refractivity contribution in [3.63, 3.8) is 0 Å². The van der Waals surface area contributed by atoms with Crippen LogP contribution in [0.15, 0.2) is 42.0 Å². The van der Waals surface area contributed by atoms with Gasteiger partial charge in [0.2, 0.25) is 0 Å². The van der Waals surface area contributed by atoms with Crippen molar-refractivity contribution in [3.8, 4) is 0 Å². The summed E-state index contributed by atoms with van der Waals surface area (Å²) < 4.78 is 6.95. The van der Waals surface area contributed by atoms with Crippen LogP contribution < -0.4 is 0 Å². The third kappa shape index (κ3) is 1.51. The van der Waals surface area contributed by atoms with E-state index in [4.69, 9.17) is 0 Å². The van der Waals surface area contributed by atoms with Crippen molar-refractivity contribution in [1.82, 2.24) is 0 Å². The van der Waals surface area contributed by atoms with Crippen LogP contribution in [0.25, 0.3) is 0 Å². The fourth-order valence-corrected chi connectivity index (χ4v) is 16.3. The molecule has 1 fully saturated rings. The van der Waals surface area contributed by atoms with Crippen molar-refractivity contribution in [2.45, 2.75) is 34.9 Å². The molecule has 0 bridgehead atoms. The van der Waals surface area contributed by atoms with Gasteiger partial charge < -0.3 is 0 Å². The second-order valence-corrected chi connectivity index (χ2v) is 16.2. The minimum atomic E-state index is -1.84. The summed E-state index contributed by atoms with van der Waals surface area (Å²) in [6, 6.07) is 0. The van der Waals surface area contributed by atoms with Crippen LogP contribution in [0.1, 0.15) is 26.7 Å². The molecule has 0 saturated carbocycles. The van der Waals surface area contributed by atoms with E-state index in [1.807, 2.05) is 6.56 Å². The summed E-state index contributed by atoms with van der Waals surface area (Å²) in [6.45, 7) is 4.59. The Morgan fingerprint density at radius 1 is 1.13 bits per heavy atom. The van der Waals surface area contributed by atoms with Gasteiger partial charge in [-0.3, -0.25) is 0 Å². The summed E-state index contributed by atoms with van der Waals surface area (Å²) in [5.74, 6) is 0. The number of hydrogen-bond donors (Lipinski definition) is 0. The van der Waals surface area contributed by atoms with E-state index in [0.717, 1.165) is 0 Å². The first-order valence-corrected chi connectivity index (χ1v) is 11.9. The maximum atomic E-state index is 2.54. The van der Waals surface area contributed by atoms with Crippen molar-refractivity contribution in [2.75, 3.05) is 0 Å². The zero-order valence-electron chi connectivity index (χ0n) is 9.64. The summed E-state index contributed by atoms with van der Waals surface area (Å²) in [4.78, 5) is 0. The van der Waals surface area contributed by atoms with Crippen LogP contribution in [0.5, 0.6) is 0 Å². The zero-order valence-corrected chi connectivity index (χ0v) is 12.1. The van der Waals surface area contributed by atoms with Gasteiger partial charge in [0.1, 0.15) is 0 Å². The predicted octanol–water partition coefficient (Wildman–Crippen LogP) is 4.46. The molecule has 15 heavy (non-hydrogen) atoms. The van der Waals surface area contributed by atoms with Gasteiger partial charge in [-0.05, 0) is 0 Å². The molecule has 1 heteroatoms. The van der Waals surface area contributed by atoms with E-state index >= 15 is 0 Å². The Labute approximate surface area is 96.9 Å². The average molecular weight is 278 g/mol. The summed E-state index contributed by atoms with van der Waals surface area (Å²) in [7, 11) is 0. The molecular weight excluding hydrogens is 259 g/mol. The Kier molecular flexibility index (Phi) is 2.29. The monoisotopic (exact) mass is 276 g/mol. The zero-order chi connectivity index (χ0) is 10.5. The fraction of sp³-hybridized carbons (Fsp3) is 0.429. The van der Waals surface area contributed by atoms with E-state index in [1.54, 1.807) is 19.4 Å². The van der Waals surface area contributed by atoms with Crippen LogP contribution in [-0.2, 0) is 20.3 Å². The summed E-state index contributed by atoms with van der Waals surface area (Å²) in [5, 5.41) is 0. The van der Waals surface area contributed by atoms with E-state index < -0.39 is 20.3 Å². The molecule has 1 heterocycles. The van der Waals surface area contributed by atoms with Crippen LogP contribution in [0.2, 0.25) is 8.26 Å². The average Bonchev–Trinajstić information content (AvgIpc) is 2.69. The molecule has 3 aliphatic rings. The van der Waals surface area contributed by atoms with E-state index in [1.165, 1.54) is 12.8 Å². The first-order valence-electron chi connectivity index (χ1n) is 5.96. The predicted molar refractivity (Wildman–Crippen MR) is 62.5 cm³/mol. The molecule has 0 unspecified atom stereocenters. The first kappa shape index (κ1) is 10.0. The third-order valence-corrected chi connectivity index (χ3v) is 15.7. The second-order valence-electron chi connectivity index (χ2n) is 5.22. The van der Waals surface area contributed by atoms with Crippen molar-refractivity contribution >= 4 is 0 Å². The second kappa shape index (κ2) is 3.42. The van der Waals surface area contributed by atoms with Gasteiger partial charge in [-0.25, -0.2) is 0 Å². The molecule has 1 aliphatic heterocycles. The third-order valence-electron chi connectivity index (χ3n) is 4.27. The van der Waals surface area contributed by atoms with E-state index in [2.05, 4.69) is 38.2 Å². The standard InChI is InChI=1S/C7H9.C5H5.C2H4.Zr/c1-6-4-3-5-7(6)2;1-2-4-5-3-1;1-2;/h4H,5H2,1-2H3;1-3H,4H2;1-2H2;. The molecule has 2 aliphatic carbocycles. The molecule has 0 nitrogen and oxygen atoms in total. The van der Waals surface area contributed by atoms with Gasteiger partial charge in [-0.2, -0.15) is 0 Å². The Hall–Kier alpha value is -0.157. The Morgan fingerprint density at radius 3 is 2.40 bits per heavy atom. The summed E-state index contributed by atoms with van der Waals surface area (Å²) in [6.07, 6.45) is 12.2. The number of allylic oxidation sites excluding steroid dienone is 8. The topological polar surface area (TPSA) is 0 Å². The molecule has 1 saturated heterocycles. The summed E-state index contributed by atoms with van der Waals surface area (Å²) >= 11 is -1.84. The van der Waals surface area contributed by atoms with Crippen molar-refractivity contribution in [1.29, 1.82) is 0 Å². The van der Waals surface area contributed by atoms with E-state index in [-0.39, 0.29) is 0 Å². The van der Waals surface area contributed by atoms with Gasteiger partial charge in [0, 0.05) is 0 Å². The Morgan fingerprint density at radius 2 is 1.93 bits per heavy atom. The van der Waals surface area contributed by atoms with Gasteiger partial charge in [0.05, 0.1) is 0 Å². The minimum absolute atomic E-state index is 1.28. The normalized spacial score (nSPS) is 27.1. The Bertz CT molecular complexity index is 428. The summed E-state index contributed by atoms with van der Waals surface area (Å²) in [5.41, 5.74) is 3.18. The molecule has 0 aromatic heterocycles. The van der Waals surface area contributed by atoms with Gasteiger partial charge >= 0.3 is 97.2 Å². The van der Waals surface area contributed by atoms with E-state index in [0.29, 0.717) is 0 Å². The van der Waals surface area contributed by atoms with Crippen molar-refractivity contribution in [2.24, 2.45) is 0 Å². The van der Waals surface area contributed by atoms with Crippen molar-refractivity contribution in [3.05, 3.63) is 42.0 Å². The van der Waals surface area contributed by atoms with Gasteiger partial charge in [0.25, 0.3) is 0 Å². The Balaban J connectivity index is 1.88. The van der Waals surface area contributed by atoms with Crippen molar-refractivity contribution < 1.29 is 20.3 Å². The van der Waals surface area contributed by atoms with Crippen LogP contribution in [-0.4, -0.2) is 0 Å². The van der Waals surface area contributed by atoms with Gasteiger partial charge in [0.15, 0.2) is 0 Å². The van der Waals surface area contributed by atoms with Crippen LogP contribution in [0.3, 0.4) is 0 Å². The van der Waals surface area contributed by atoms with Gasteiger partial charge in [-0.1, -0.05) is 0 Å².